The molecule has 10 heteroatoms. The molecule has 202 valence electrons. The number of carbonyl (C=O) groups is 3. The van der Waals surface area contributed by atoms with Gasteiger partial charge in [-0.2, -0.15) is 0 Å². The maximum Gasteiger partial charge on any atom is 0.282 e. The number of Topliss-reactive ketones (excluding diaryl/α,β-unsaturated/α-hetero) is 1. The lowest BCUT2D eigenvalue weighted by Crippen LogP contribution is -2.48. The van der Waals surface area contributed by atoms with E-state index in [1.165, 1.54) is 12.1 Å². The van der Waals surface area contributed by atoms with Crippen LogP contribution in [0.2, 0.25) is 10.0 Å². The second kappa shape index (κ2) is 12.9. The highest BCUT2D eigenvalue weighted by molar-refractivity contribution is 6.31. The van der Waals surface area contributed by atoms with Gasteiger partial charge in [0.25, 0.3) is 11.6 Å². The Labute approximate surface area is 236 Å². The summed E-state index contributed by atoms with van der Waals surface area (Å²) in [6.45, 7) is -0.502. The third-order valence-corrected chi connectivity index (χ3v) is 7.24. The van der Waals surface area contributed by atoms with Crippen molar-refractivity contribution in [1.82, 2.24) is 10.2 Å². The molecule has 1 aliphatic carbocycles. The number of hydrogen-bond donors (Lipinski definition) is 1. The normalized spacial score (nSPS) is 14.3. The molecule has 39 heavy (non-hydrogen) atoms. The zero-order valence-electron chi connectivity index (χ0n) is 21.0. The average Bonchev–Trinajstić information content (AvgIpc) is 2.94. The smallest absolute Gasteiger partial charge is 0.282 e. The van der Waals surface area contributed by atoms with Crippen LogP contribution in [0.3, 0.4) is 0 Å². The number of amides is 2. The molecular formula is C29H27Cl2N3O5. The molecule has 3 aromatic rings. The molecule has 0 bridgehead atoms. The van der Waals surface area contributed by atoms with Gasteiger partial charge in [0, 0.05) is 27.7 Å². The first-order chi connectivity index (χ1) is 18.7. The monoisotopic (exact) mass is 567 g/mol. The highest BCUT2D eigenvalue weighted by Gasteiger charge is 2.37. The summed E-state index contributed by atoms with van der Waals surface area (Å²) in [6, 6.07) is 17.0. The summed E-state index contributed by atoms with van der Waals surface area (Å²) in [6.07, 6.45) is 4.63. The lowest BCUT2D eigenvalue weighted by Gasteiger charge is -2.33. The first kappa shape index (κ1) is 28.3. The van der Waals surface area contributed by atoms with Crippen molar-refractivity contribution in [2.45, 2.75) is 44.2 Å². The van der Waals surface area contributed by atoms with Gasteiger partial charge in [-0.3, -0.25) is 24.5 Å². The molecule has 1 N–H and O–H groups in total. The van der Waals surface area contributed by atoms with Crippen LogP contribution in [0.4, 0.5) is 5.69 Å². The summed E-state index contributed by atoms with van der Waals surface area (Å²) < 4.78 is 0. The molecule has 1 aliphatic rings. The summed E-state index contributed by atoms with van der Waals surface area (Å²) in [4.78, 5) is 53.5. The van der Waals surface area contributed by atoms with Crippen molar-refractivity contribution in [3.8, 4) is 0 Å². The van der Waals surface area contributed by atoms with Gasteiger partial charge in [-0.25, -0.2) is 0 Å². The predicted octanol–water partition coefficient (Wildman–Crippen LogP) is 6.42. The maximum atomic E-state index is 14.1. The van der Waals surface area contributed by atoms with Crippen molar-refractivity contribution < 1.29 is 19.3 Å². The molecule has 2 amide bonds. The maximum absolute atomic E-state index is 14.1. The van der Waals surface area contributed by atoms with Gasteiger partial charge in [-0.1, -0.05) is 84.9 Å². The lowest BCUT2D eigenvalue weighted by atomic mass is 9.94. The van der Waals surface area contributed by atoms with Gasteiger partial charge in [-0.15, -0.1) is 0 Å². The molecule has 0 saturated heterocycles. The molecule has 8 nitrogen and oxygen atoms in total. The van der Waals surface area contributed by atoms with Gasteiger partial charge < -0.3 is 10.2 Å². The summed E-state index contributed by atoms with van der Waals surface area (Å²) in [7, 11) is 0. The Morgan fingerprint density at radius 1 is 0.923 bits per heavy atom. The zero-order chi connectivity index (χ0) is 27.9. The van der Waals surface area contributed by atoms with E-state index in [0.717, 1.165) is 43.1 Å². The fourth-order valence-electron chi connectivity index (χ4n) is 4.79. The molecule has 1 atom stereocenters. The van der Waals surface area contributed by atoms with Crippen LogP contribution in [0, 0.1) is 10.1 Å². The topological polar surface area (TPSA) is 110 Å². The van der Waals surface area contributed by atoms with E-state index in [-0.39, 0.29) is 16.6 Å². The standard InChI is InChI=1S/C29H27Cl2N3O5/c30-21-13-11-20(12-14-21)27(28(36)32-23-9-5-2-6-10-23)33(18-26(35)19-7-3-1-4-8-19)29(37)24-17-22(31)15-16-25(24)34(38)39/h1,3-4,7-8,11-17,23,27H,2,5-6,9-10,18H2,(H,32,36). The number of benzene rings is 3. The minimum Gasteiger partial charge on any atom is -0.351 e. The predicted molar refractivity (Wildman–Crippen MR) is 149 cm³/mol. The van der Waals surface area contributed by atoms with Crippen LogP contribution in [-0.4, -0.2) is 40.0 Å². The summed E-state index contributed by atoms with van der Waals surface area (Å²) in [5.41, 5.74) is -0.0630. The van der Waals surface area contributed by atoms with Crippen LogP contribution >= 0.6 is 23.2 Å². The van der Waals surface area contributed by atoms with Gasteiger partial charge >= 0.3 is 0 Å². The SMILES string of the molecule is O=C(CN(C(=O)c1cc(Cl)ccc1[N+](=O)[O-])C(C(=O)NC1CCCCC1)c1ccc(Cl)cc1)c1ccccc1. The Hall–Kier alpha value is -3.75. The van der Waals surface area contributed by atoms with Crippen LogP contribution in [0.5, 0.6) is 0 Å². The number of rotatable bonds is 9. The second-order valence-electron chi connectivity index (χ2n) is 9.44. The minimum absolute atomic E-state index is 0.0802. The lowest BCUT2D eigenvalue weighted by molar-refractivity contribution is -0.385. The van der Waals surface area contributed by atoms with E-state index < -0.39 is 40.8 Å². The highest BCUT2D eigenvalue weighted by atomic mass is 35.5. The molecule has 0 spiro atoms. The van der Waals surface area contributed by atoms with Crippen LogP contribution in [0.25, 0.3) is 0 Å². The molecule has 0 heterocycles. The van der Waals surface area contributed by atoms with Crippen molar-refractivity contribution >= 4 is 46.5 Å². The Bertz CT molecular complexity index is 1360. The highest BCUT2D eigenvalue weighted by Crippen LogP contribution is 2.30. The minimum atomic E-state index is -1.26. The van der Waals surface area contributed by atoms with Gasteiger partial charge in [0.1, 0.15) is 11.6 Å². The Morgan fingerprint density at radius 2 is 1.56 bits per heavy atom. The summed E-state index contributed by atoms with van der Waals surface area (Å²) in [5, 5.41) is 15.4. The van der Waals surface area contributed by atoms with Crippen molar-refractivity contribution in [3.05, 3.63) is 110 Å². The Morgan fingerprint density at radius 3 is 2.21 bits per heavy atom. The second-order valence-corrected chi connectivity index (χ2v) is 10.3. The first-order valence-electron chi connectivity index (χ1n) is 12.6. The van der Waals surface area contributed by atoms with E-state index in [2.05, 4.69) is 5.32 Å². The molecule has 0 aromatic heterocycles. The number of nitrogens with one attached hydrogen (secondary N) is 1. The van der Waals surface area contributed by atoms with E-state index in [1.54, 1.807) is 54.6 Å². The molecule has 1 unspecified atom stereocenters. The fourth-order valence-corrected chi connectivity index (χ4v) is 5.09. The summed E-state index contributed by atoms with van der Waals surface area (Å²) in [5.74, 6) is -1.78. The Balaban J connectivity index is 1.82. The third-order valence-electron chi connectivity index (χ3n) is 6.75. The van der Waals surface area contributed by atoms with Crippen LogP contribution in [-0.2, 0) is 4.79 Å². The van der Waals surface area contributed by atoms with Crippen molar-refractivity contribution in [2.75, 3.05) is 6.54 Å². The number of nitro groups is 1. The van der Waals surface area contributed by atoms with E-state index in [1.807, 2.05) is 0 Å². The quantitative estimate of drug-likeness (QED) is 0.182. The van der Waals surface area contributed by atoms with E-state index in [0.29, 0.717) is 16.1 Å². The number of nitro benzene ring substituents is 1. The van der Waals surface area contributed by atoms with E-state index >= 15 is 0 Å². The average molecular weight is 568 g/mol. The largest absolute Gasteiger partial charge is 0.351 e. The van der Waals surface area contributed by atoms with Crippen molar-refractivity contribution in [1.29, 1.82) is 0 Å². The fraction of sp³-hybridized carbons (Fsp3) is 0.276. The third kappa shape index (κ3) is 7.02. The first-order valence-corrected chi connectivity index (χ1v) is 13.4. The van der Waals surface area contributed by atoms with E-state index in [9.17, 15) is 24.5 Å². The number of nitrogens with zero attached hydrogens (tertiary/aromatic N) is 2. The molecule has 4 rings (SSSR count). The van der Waals surface area contributed by atoms with Crippen LogP contribution < -0.4 is 5.32 Å². The molecule has 1 saturated carbocycles. The summed E-state index contributed by atoms with van der Waals surface area (Å²) >= 11 is 12.2. The molecular weight excluding hydrogens is 541 g/mol. The van der Waals surface area contributed by atoms with E-state index in [4.69, 9.17) is 23.2 Å². The van der Waals surface area contributed by atoms with Gasteiger partial charge in [0.15, 0.2) is 5.78 Å². The van der Waals surface area contributed by atoms with Crippen LogP contribution in [0.15, 0.2) is 72.8 Å². The molecule has 0 aliphatic heterocycles. The van der Waals surface area contributed by atoms with Crippen LogP contribution in [0.1, 0.15) is 64.4 Å². The molecule has 3 aromatic carbocycles. The number of hydrogen-bond acceptors (Lipinski definition) is 5. The number of carbonyl (C=O) groups excluding carboxylic acids is 3. The Kier molecular flexibility index (Phi) is 9.32. The number of ketones is 1. The van der Waals surface area contributed by atoms with Crippen molar-refractivity contribution in [3.63, 3.8) is 0 Å². The van der Waals surface area contributed by atoms with Gasteiger partial charge in [0.05, 0.1) is 11.5 Å². The molecule has 1 fully saturated rings. The zero-order valence-corrected chi connectivity index (χ0v) is 22.5. The van der Waals surface area contributed by atoms with Gasteiger partial charge in [-0.05, 0) is 42.7 Å². The van der Waals surface area contributed by atoms with Gasteiger partial charge in [0.2, 0.25) is 5.91 Å². The molecule has 0 radical (unpaired) electrons. The number of halogens is 2. The van der Waals surface area contributed by atoms with Crippen molar-refractivity contribution in [2.24, 2.45) is 0 Å².